The highest BCUT2D eigenvalue weighted by atomic mass is 16.3. The maximum absolute atomic E-state index is 11.9. The molecule has 0 saturated heterocycles. The van der Waals surface area contributed by atoms with E-state index in [9.17, 15) is 9.90 Å². The first-order chi connectivity index (χ1) is 11.7. The monoisotopic (exact) mass is 324 g/mol. The van der Waals surface area contributed by atoms with Crippen LogP contribution in [-0.2, 0) is 11.2 Å². The molecule has 1 unspecified atom stereocenters. The maximum atomic E-state index is 11.9. The molecule has 6 heteroatoms. The number of aliphatic hydroxyl groups excluding tert-OH is 1. The molecule has 2 heterocycles. The van der Waals surface area contributed by atoms with Crippen LogP contribution in [0.2, 0.25) is 0 Å². The lowest BCUT2D eigenvalue weighted by Gasteiger charge is -2.11. The van der Waals surface area contributed by atoms with Crippen LogP contribution in [0.5, 0.6) is 0 Å². The third kappa shape index (κ3) is 3.97. The van der Waals surface area contributed by atoms with Crippen molar-refractivity contribution < 1.29 is 9.90 Å². The van der Waals surface area contributed by atoms with E-state index in [0.29, 0.717) is 6.54 Å². The Morgan fingerprint density at radius 2 is 1.92 bits per heavy atom. The van der Waals surface area contributed by atoms with E-state index >= 15 is 0 Å². The lowest BCUT2D eigenvalue weighted by atomic mass is 10.1. The van der Waals surface area contributed by atoms with Gasteiger partial charge in [-0.05, 0) is 24.1 Å². The Morgan fingerprint density at radius 1 is 1.12 bits per heavy atom. The summed E-state index contributed by atoms with van der Waals surface area (Å²) in [4.78, 5) is 11.9. The van der Waals surface area contributed by atoms with Gasteiger partial charge in [0.1, 0.15) is 5.82 Å². The lowest BCUT2D eigenvalue weighted by molar-refractivity contribution is -0.123. The average molecular weight is 324 g/mol. The number of aromatic nitrogens is 3. The normalized spacial score (nSPS) is 12.2. The van der Waals surface area contributed by atoms with Gasteiger partial charge in [0.05, 0.1) is 12.5 Å². The number of aliphatic hydroxyl groups is 1. The number of pyridine rings is 1. The van der Waals surface area contributed by atoms with Crippen LogP contribution in [-0.4, -0.2) is 32.2 Å². The van der Waals surface area contributed by atoms with E-state index in [4.69, 9.17) is 0 Å². The lowest BCUT2D eigenvalue weighted by Crippen LogP contribution is -2.26. The van der Waals surface area contributed by atoms with Crippen LogP contribution in [0.25, 0.3) is 5.65 Å². The van der Waals surface area contributed by atoms with E-state index in [1.807, 2.05) is 59.1 Å². The van der Waals surface area contributed by atoms with Gasteiger partial charge in [-0.3, -0.25) is 9.20 Å². The molecule has 0 aliphatic heterocycles. The summed E-state index contributed by atoms with van der Waals surface area (Å²) in [5.74, 6) is 0.724. The molecule has 2 N–H and O–H groups in total. The van der Waals surface area contributed by atoms with Crippen molar-refractivity contribution in [1.82, 2.24) is 19.9 Å². The number of aryl methyl sites for hydroxylation is 1. The first-order valence-corrected chi connectivity index (χ1v) is 8.02. The summed E-state index contributed by atoms with van der Waals surface area (Å²) in [6.45, 7) is 0.544. The van der Waals surface area contributed by atoms with Gasteiger partial charge < -0.3 is 10.4 Å². The molecule has 0 aliphatic rings. The number of carbonyl (C=O) groups excluding carboxylic acids is 1. The SMILES string of the molecule is O=C(CC(O)c1ccccc1)NCCCc1nnc2ccccn12. The molecule has 6 nitrogen and oxygen atoms in total. The van der Waals surface area contributed by atoms with E-state index in [-0.39, 0.29) is 12.3 Å². The van der Waals surface area contributed by atoms with Crippen molar-refractivity contribution in [3.05, 3.63) is 66.1 Å². The van der Waals surface area contributed by atoms with E-state index in [1.54, 1.807) is 0 Å². The van der Waals surface area contributed by atoms with Gasteiger partial charge in [-0.15, -0.1) is 10.2 Å². The van der Waals surface area contributed by atoms with Crippen molar-refractivity contribution in [2.75, 3.05) is 6.54 Å². The molecule has 0 bridgehead atoms. The molecule has 3 aromatic rings. The molecule has 3 rings (SSSR count). The Kier molecular flexibility index (Phi) is 5.18. The largest absolute Gasteiger partial charge is 0.388 e. The van der Waals surface area contributed by atoms with Crippen molar-refractivity contribution in [3.63, 3.8) is 0 Å². The predicted octanol–water partition coefficient (Wildman–Crippen LogP) is 1.90. The van der Waals surface area contributed by atoms with Crippen molar-refractivity contribution in [2.24, 2.45) is 0 Å². The number of nitrogens with one attached hydrogen (secondary N) is 1. The fourth-order valence-corrected chi connectivity index (χ4v) is 2.58. The molecule has 1 atom stereocenters. The van der Waals surface area contributed by atoms with E-state index in [1.165, 1.54) is 0 Å². The van der Waals surface area contributed by atoms with Gasteiger partial charge in [-0.2, -0.15) is 0 Å². The number of benzene rings is 1. The second-order valence-electron chi connectivity index (χ2n) is 5.63. The second-order valence-corrected chi connectivity index (χ2v) is 5.63. The van der Waals surface area contributed by atoms with Gasteiger partial charge in [0.25, 0.3) is 0 Å². The molecule has 0 aliphatic carbocycles. The number of carbonyl (C=O) groups is 1. The molecule has 0 fully saturated rings. The Morgan fingerprint density at radius 3 is 2.75 bits per heavy atom. The predicted molar refractivity (Wildman–Crippen MR) is 90.3 cm³/mol. The minimum Gasteiger partial charge on any atom is -0.388 e. The van der Waals surface area contributed by atoms with Crippen molar-refractivity contribution in [2.45, 2.75) is 25.4 Å². The van der Waals surface area contributed by atoms with Gasteiger partial charge in [0.2, 0.25) is 5.91 Å². The van der Waals surface area contributed by atoms with Gasteiger partial charge in [-0.1, -0.05) is 36.4 Å². The van der Waals surface area contributed by atoms with Crippen molar-refractivity contribution in [1.29, 1.82) is 0 Å². The fraction of sp³-hybridized carbons (Fsp3) is 0.278. The fourth-order valence-electron chi connectivity index (χ4n) is 2.58. The van der Waals surface area contributed by atoms with E-state index in [2.05, 4.69) is 15.5 Å². The molecular weight excluding hydrogens is 304 g/mol. The summed E-state index contributed by atoms with van der Waals surface area (Å²) in [6.07, 6.45) is 2.72. The van der Waals surface area contributed by atoms with E-state index in [0.717, 1.165) is 29.9 Å². The molecule has 124 valence electrons. The number of nitrogens with zero attached hydrogens (tertiary/aromatic N) is 3. The zero-order valence-corrected chi connectivity index (χ0v) is 13.3. The van der Waals surface area contributed by atoms with Crippen molar-refractivity contribution in [3.8, 4) is 0 Å². The molecule has 0 saturated carbocycles. The zero-order valence-electron chi connectivity index (χ0n) is 13.3. The van der Waals surface area contributed by atoms with Crippen LogP contribution >= 0.6 is 0 Å². The highest BCUT2D eigenvalue weighted by Crippen LogP contribution is 2.15. The minimum absolute atomic E-state index is 0.0673. The molecule has 2 aromatic heterocycles. The topological polar surface area (TPSA) is 79.5 Å². The summed E-state index contributed by atoms with van der Waals surface area (Å²) in [5.41, 5.74) is 1.57. The molecule has 24 heavy (non-hydrogen) atoms. The quantitative estimate of drug-likeness (QED) is 0.651. The summed E-state index contributed by atoms with van der Waals surface area (Å²) >= 11 is 0. The molecule has 1 aromatic carbocycles. The van der Waals surface area contributed by atoms with Crippen LogP contribution in [0.15, 0.2) is 54.7 Å². The van der Waals surface area contributed by atoms with Gasteiger partial charge >= 0.3 is 0 Å². The van der Waals surface area contributed by atoms with Gasteiger partial charge in [-0.25, -0.2) is 0 Å². The molecule has 0 radical (unpaired) electrons. The van der Waals surface area contributed by atoms with Gasteiger partial charge in [0.15, 0.2) is 5.65 Å². The van der Waals surface area contributed by atoms with E-state index < -0.39 is 6.10 Å². The average Bonchev–Trinajstić information content (AvgIpc) is 3.03. The van der Waals surface area contributed by atoms with Crippen LogP contribution in [0.3, 0.4) is 0 Å². The number of hydrogen-bond donors (Lipinski definition) is 2. The number of amides is 1. The number of fused-ring (bicyclic) bond motifs is 1. The van der Waals surface area contributed by atoms with Crippen LogP contribution in [0.1, 0.15) is 30.3 Å². The highest BCUT2D eigenvalue weighted by molar-refractivity contribution is 5.76. The molecule has 0 spiro atoms. The van der Waals surface area contributed by atoms with Crippen LogP contribution in [0.4, 0.5) is 0 Å². The van der Waals surface area contributed by atoms with Gasteiger partial charge in [0, 0.05) is 19.2 Å². The van der Waals surface area contributed by atoms with Crippen LogP contribution < -0.4 is 5.32 Å². The van der Waals surface area contributed by atoms with Crippen molar-refractivity contribution >= 4 is 11.6 Å². The third-order valence-electron chi connectivity index (χ3n) is 3.85. The molecular formula is C18H20N4O2. The molecule has 1 amide bonds. The smallest absolute Gasteiger partial charge is 0.222 e. The summed E-state index contributed by atoms with van der Waals surface area (Å²) in [5, 5.41) is 21.1. The third-order valence-corrected chi connectivity index (χ3v) is 3.85. The summed E-state index contributed by atoms with van der Waals surface area (Å²) in [7, 11) is 0. The number of rotatable bonds is 7. The first-order valence-electron chi connectivity index (χ1n) is 8.02. The second kappa shape index (κ2) is 7.70. The Hall–Kier alpha value is -2.73. The standard InChI is InChI=1S/C18H20N4O2/c23-15(14-7-2-1-3-8-14)13-18(24)19-11-6-10-17-21-20-16-9-4-5-12-22(16)17/h1-5,7-9,12,15,23H,6,10-11,13H2,(H,19,24). The summed E-state index contributed by atoms with van der Waals surface area (Å²) < 4.78 is 1.95. The Labute approximate surface area is 140 Å². The van der Waals surface area contributed by atoms with Crippen LogP contribution in [0, 0.1) is 0 Å². The highest BCUT2D eigenvalue weighted by Gasteiger charge is 2.12. The first kappa shape index (κ1) is 16.1. The Bertz CT molecular complexity index is 801. The summed E-state index contributed by atoms with van der Waals surface area (Å²) in [6, 6.07) is 15.0. The maximum Gasteiger partial charge on any atom is 0.222 e. The Balaban J connectivity index is 1.42. The minimum atomic E-state index is -0.772. The number of hydrogen-bond acceptors (Lipinski definition) is 4. The zero-order chi connectivity index (χ0) is 16.8.